The third kappa shape index (κ3) is 5.15. The highest BCUT2D eigenvalue weighted by Crippen LogP contribution is 2.48. The van der Waals surface area contributed by atoms with E-state index in [4.69, 9.17) is 20.9 Å². The standard InChI is InChI=1S/C38H39F2N5O3/c1-2-23-5-3-6-24-15-27(46)16-28(31(23)24)32-30(39)17-29-34(33(32)40)42-36(43-35(29)45-18-25-7-8-26(19-45)41-25)47-22-37(10-11-37)20-44-13-12-38(21-44)9-4-14-48-38/h1,3,5-6,15-17,25-26,41,46H,4,7-14,18-22H2. The van der Waals surface area contributed by atoms with Gasteiger partial charge in [0.1, 0.15) is 22.9 Å². The molecule has 0 radical (unpaired) electrons. The number of terminal acetylenes is 1. The van der Waals surface area contributed by atoms with Crippen LogP contribution in [0.3, 0.4) is 0 Å². The van der Waals surface area contributed by atoms with E-state index in [0.717, 1.165) is 71.2 Å². The van der Waals surface area contributed by atoms with Crippen LogP contribution >= 0.6 is 0 Å². The number of likely N-dealkylation sites (tertiary alicyclic amines) is 1. The van der Waals surface area contributed by atoms with Gasteiger partial charge >= 0.3 is 6.01 Å². The Balaban J connectivity index is 1.11. The van der Waals surface area contributed by atoms with E-state index < -0.39 is 11.6 Å². The number of aromatic nitrogens is 2. The second-order valence-corrected chi connectivity index (χ2v) is 14.7. The minimum Gasteiger partial charge on any atom is -0.508 e. The number of phenolic OH excluding ortho intramolecular Hbond substituents is 1. The van der Waals surface area contributed by atoms with E-state index in [0.29, 0.717) is 47.2 Å². The van der Waals surface area contributed by atoms with Gasteiger partial charge in [-0.05, 0) is 74.6 Å². The van der Waals surface area contributed by atoms with Crippen molar-refractivity contribution in [2.24, 2.45) is 5.41 Å². The van der Waals surface area contributed by atoms with Gasteiger partial charge in [-0.3, -0.25) is 4.90 Å². The van der Waals surface area contributed by atoms with E-state index in [-0.39, 0.29) is 51.5 Å². The molecular weight excluding hydrogens is 612 g/mol. The maximum absolute atomic E-state index is 16.9. The highest BCUT2D eigenvalue weighted by Gasteiger charge is 2.49. The fraction of sp³-hybridized carbons (Fsp3) is 0.474. The van der Waals surface area contributed by atoms with Crippen molar-refractivity contribution < 1.29 is 23.4 Å². The lowest BCUT2D eigenvalue weighted by Gasteiger charge is -2.34. The predicted octanol–water partition coefficient (Wildman–Crippen LogP) is 5.77. The molecule has 1 saturated carbocycles. The van der Waals surface area contributed by atoms with Crippen LogP contribution in [0.5, 0.6) is 11.8 Å². The fourth-order valence-corrected chi connectivity index (χ4v) is 8.77. The number of benzene rings is 3. The molecule has 2 N–H and O–H groups in total. The highest BCUT2D eigenvalue weighted by atomic mass is 19.1. The lowest BCUT2D eigenvalue weighted by Crippen LogP contribution is -2.51. The van der Waals surface area contributed by atoms with E-state index in [1.807, 2.05) is 0 Å². The Labute approximate surface area is 278 Å². The summed E-state index contributed by atoms with van der Waals surface area (Å²) in [6.45, 7) is 5.54. The number of nitrogens with zero attached hydrogens (tertiary/aromatic N) is 4. The molecule has 3 atom stereocenters. The Bertz CT molecular complexity index is 1970. The molecule has 248 valence electrons. The number of hydrogen-bond donors (Lipinski definition) is 2. The van der Waals surface area contributed by atoms with E-state index in [1.165, 1.54) is 18.2 Å². The maximum atomic E-state index is 16.9. The number of anilines is 1. The van der Waals surface area contributed by atoms with Crippen molar-refractivity contribution in [2.45, 2.75) is 62.6 Å². The number of ether oxygens (including phenoxy) is 2. The van der Waals surface area contributed by atoms with Crippen molar-refractivity contribution in [3.05, 3.63) is 53.6 Å². The number of halogens is 2. The predicted molar refractivity (Wildman–Crippen MR) is 180 cm³/mol. The van der Waals surface area contributed by atoms with Crippen molar-refractivity contribution in [2.75, 3.05) is 50.8 Å². The van der Waals surface area contributed by atoms with Crippen molar-refractivity contribution in [1.82, 2.24) is 20.2 Å². The molecule has 4 aliphatic heterocycles. The molecule has 3 unspecified atom stereocenters. The number of nitrogens with one attached hydrogen (secondary N) is 1. The van der Waals surface area contributed by atoms with E-state index in [9.17, 15) is 5.11 Å². The molecule has 2 bridgehead atoms. The third-order valence-electron chi connectivity index (χ3n) is 11.3. The average molecular weight is 652 g/mol. The number of rotatable bonds is 7. The molecule has 5 heterocycles. The van der Waals surface area contributed by atoms with Crippen molar-refractivity contribution in [1.29, 1.82) is 0 Å². The van der Waals surface area contributed by atoms with E-state index in [1.54, 1.807) is 18.2 Å². The molecule has 10 heteroatoms. The van der Waals surface area contributed by atoms with Crippen LogP contribution < -0.4 is 15.0 Å². The molecule has 1 aromatic heterocycles. The molecule has 1 aliphatic carbocycles. The quantitative estimate of drug-likeness (QED) is 0.244. The van der Waals surface area contributed by atoms with E-state index >= 15 is 8.78 Å². The van der Waals surface area contributed by atoms with Gasteiger partial charge in [-0.1, -0.05) is 18.1 Å². The molecule has 5 fully saturated rings. The highest BCUT2D eigenvalue weighted by molar-refractivity contribution is 6.04. The molecule has 4 aromatic rings. The molecule has 3 aromatic carbocycles. The zero-order valence-corrected chi connectivity index (χ0v) is 26.9. The Hall–Kier alpha value is -4.04. The number of phenols is 1. The maximum Gasteiger partial charge on any atom is 0.319 e. The monoisotopic (exact) mass is 651 g/mol. The summed E-state index contributed by atoms with van der Waals surface area (Å²) in [5, 5.41) is 15.6. The summed E-state index contributed by atoms with van der Waals surface area (Å²) < 4.78 is 45.7. The minimum absolute atomic E-state index is 0.00459. The molecule has 0 amide bonds. The van der Waals surface area contributed by atoms with Gasteiger partial charge in [0.2, 0.25) is 0 Å². The van der Waals surface area contributed by atoms with Crippen molar-refractivity contribution >= 4 is 27.5 Å². The van der Waals surface area contributed by atoms with Crippen LogP contribution in [0.25, 0.3) is 32.8 Å². The van der Waals surface area contributed by atoms with Crippen molar-refractivity contribution in [3.63, 3.8) is 0 Å². The van der Waals surface area contributed by atoms with Gasteiger partial charge in [0.25, 0.3) is 0 Å². The number of piperazine rings is 1. The van der Waals surface area contributed by atoms with Crippen LogP contribution in [0.4, 0.5) is 14.6 Å². The molecular formula is C38H39F2N5O3. The largest absolute Gasteiger partial charge is 0.508 e. The molecule has 8 nitrogen and oxygen atoms in total. The van der Waals surface area contributed by atoms with Crippen LogP contribution in [-0.2, 0) is 4.74 Å². The number of aromatic hydroxyl groups is 1. The Morgan fingerprint density at radius 2 is 1.92 bits per heavy atom. The van der Waals surface area contributed by atoms with Crippen LogP contribution in [-0.4, -0.2) is 83.6 Å². The number of fused-ring (bicyclic) bond motifs is 4. The topological polar surface area (TPSA) is 83.0 Å². The molecule has 48 heavy (non-hydrogen) atoms. The Morgan fingerprint density at radius 3 is 2.67 bits per heavy atom. The smallest absolute Gasteiger partial charge is 0.319 e. The van der Waals surface area contributed by atoms with Crippen LogP contribution in [0, 0.1) is 29.4 Å². The summed E-state index contributed by atoms with van der Waals surface area (Å²) in [4.78, 5) is 14.1. The lowest BCUT2D eigenvalue weighted by atomic mass is 9.93. The average Bonchev–Trinajstić information content (AvgIpc) is 3.34. The Morgan fingerprint density at radius 1 is 1.08 bits per heavy atom. The lowest BCUT2D eigenvalue weighted by molar-refractivity contribution is 0.0105. The zero-order chi connectivity index (χ0) is 32.6. The Kier molecular flexibility index (Phi) is 7.05. The summed E-state index contributed by atoms with van der Waals surface area (Å²) in [5.74, 6) is 1.38. The van der Waals surface area contributed by atoms with Gasteiger partial charge < -0.3 is 24.8 Å². The van der Waals surface area contributed by atoms with Gasteiger partial charge in [-0.2, -0.15) is 9.97 Å². The SMILES string of the molecule is C#Cc1cccc2cc(O)cc(-c3c(F)cc4c(N5CC6CCC(C5)N6)nc(OCC5(CN6CCC7(CCCO7)C6)CC5)nc4c3F)c12. The normalized spacial score (nSPS) is 26.1. The molecule has 1 spiro atoms. The summed E-state index contributed by atoms with van der Waals surface area (Å²) in [5.41, 5.74) is 0.347. The minimum atomic E-state index is -0.838. The second-order valence-electron chi connectivity index (χ2n) is 14.7. The molecule has 5 aliphatic rings. The summed E-state index contributed by atoms with van der Waals surface area (Å²) in [7, 11) is 0. The van der Waals surface area contributed by atoms with Gasteiger partial charge in [0.15, 0.2) is 5.82 Å². The summed E-state index contributed by atoms with van der Waals surface area (Å²) >= 11 is 0. The summed E-state index contributed by atoms with van der Waals surface area (Å²) in [6, 6.07) is 10.1. The molecule has 9 rings (SSSR count). The first-order valence-electron chi connectivity index (χ1n) is 17.2. The first-order valence-corrected chi connectivity index (χ1v) is 17.2. The first kappa shape index (κ1) is 30.1. The van der Waals surface area contributed by atoms with Gasteiger partial charge in [-0.25, -0.2) is 8.78 Å². The zero-order valence-electron chi connectivity index (χ0n) is 26.9. The second kappa shape index (κ2) is 11.3. The third-order valence-corrected chi connectivity index (χ3v) is 11.3. The molecule has 4 saturated heterocycles. The van der Waals surface area contributed by atoms with Gasteiger partial charge in [0.05, 0.1) is 17.8 Å². The first-order chi connectivity index (χ1) is 23.3. The van der Waals surface area contributed by atoms with Gasteiger partial charge in [0, 0.05) is 78.7 Å². The van der Waals surface area contributed by atoms with Crippen LogP contribution in [0.1, 0.15) is 50.5 Å². The summed E-state index contributed by atoms with van der Waals surface area (Å²) in [6.07, 6.45) is 13.3. The fourth-order valence-electron chi connectivity index (χ4n) is 8.77. The van der Waals surface area contributed by atoms with E-state index in [2.05, 4.69) is 26.0 Å². The van der Waals surface area contributed by atoms with Gasteiger partial charge in [-0.15, -0.1) is 6.42 Å². The van der Waals surface area contributed by atoms with Crippen molar-refractivity contribution in [3.8, 4) is 35.2 Å². The number of hydrogen-bond acceptors (Lipinski definition) is 8. The van der Waals surface area contributed by atoms with Crippen LogP contribution in [0.2, 0.25) is 0 Å². The van der Waals surface area contributed by atoms with Crippen LogP contribution in [0.15, 0.2) is 36.4 Å².